The molecule has 1 saturated heterocycles. The average Bonchev–Trinajstić information content (AvgIpc) is 4.00. The van der Waals surface area contributed by atoms with Crippen molar-refractivity contribution in [3.63, 3.8) is 0 Å². The van der Waals surface area contributed by atoms with Crippen molar-refractivity contribution < 1.29 is 32.3 Å². The van der Waals surface area contributed by atoms with Crippen molar-refractivity contribution in [3.05, 3.63) is 72.3 Å². The van der Waals surface area contributed by atoms with Crippen molar-refractivity contribution in [2.24, 2.45) is 5.92 Å². The molecule has 2 aliphatic heterocycles. The number of nitriles is 1. The first-order valence-electron chi connectivity index (χ1n) is 20.9. The third-order valence-corrected chi connectivity index (χ3v) is 14.1. The maximum Gasteiger partial charge on any atom is 0.408 e. The van der Waals surface area contributed by atoms with Crippen LogP contribution >= 0.6 is 0 Å². The molecule has 1 aromatic heterocycles. The number of benzene rings is 2. The van der Waals surface area contributed by atoms with Gasteiger partial charge in [0.25, 0.3) is 5.91 Å². The molecule has 15 nitrogen and oxygen atoms in total. The summed E-state index contributed by atoms with van der Waals surface area (Å²) in [7, 11) is -3.91. The van der Waals surface area contributed by atoms with Crippen LogP contribution in [0.25, 0.3) is 22.5 Å². The largest absolute Gasteiger partial charge is 0.446 e. The molecule has 8 rings (SSSR count). The van der Waals surface area contributed by atoms with E-state index in [2.05, 4.69) is 21.4 Å². The van der Waals surface area contributed by atoms with Gasteiger partial charge in [-0.2, -0.15) is 20.3 Å². The lowest BCUT2D eigenvalue weighted by Crippen LogP contribution is -2.58. The lowest BCUT2D eigenvalue weighted by atomic mass is 10.0. The number of carbonyl (C=O) groups is 4. The summed E-state index contributed by atoms with van der Waals surface area (Å²) >= 11 is 0. The zero-order chi connectivity index (χ0) is 41.1. The minimum absolute atomic E-state index is 0.0226. The smallest absolute Gasteiger partial charge is 0.408 e. The monoisotopic (exact) mass is 822 g/mol. The van der Waals surface area contributed by atoms with E-state index in [0.717, 1.165) is 55.2 Å². The van der Waals surface area contributed by atoms with Crippen molar-refractivity contribution in [1.29, 1.82) is 5.26 Å². The first kappa shape index (κ1) is 40.2. The van der Waals surface area contributed by atoms with Gasteiger partial charge >= 0.3 is 6.09 Å². The summed E-state index contributed by atoms with van der Waals surface area (Å²) < 4.78 is 33.8. The Morgan fingerprint density at radius 1 is 0.915 bits per heavy atom. The standard InChI is InChI=1S/C43H50N8O7S/c44-24-23-28-17-19-30(20-18-28)38-37(29-11-5-4-6-12-29)47-51(48-38)32-25-36-39(52)46-43(41(54)49-59(56,57)34-21-22-34)26-31(43)13-7-2-1-3-8-16-35(40(53)50(36)27-32)45-42(55)58-33-14-9-10-15-33/h4-7,11-13,17-20,31-36H,1-3,8-10,14-16,21-23,25-27H2,(H,45,55)(H,46,52)(H,49,54)/b13-7+/t31-,32-,35-,36+,43-/m1/s1. The van der Waals surface area contributed by atoms with Gasteiger partial charge in [0.15, 0.2) is 0 Å². The highest BCUT2D eigenvalue weighted by atomic mass is 32.2. The number of nitrogens with one attached hydrogen (secondary N) is 3. The van der Waals surface area contributed by atoms with Gasteiger partial charge < -0.3 is 20.3 Å². The van der Waals surface area contributed by atoms with Crippen LogP contribution in [0.5, 0.6) is 0 Å². The molecular formula is C43H50N8O7S. The van der Waals surface area contributed by atoms with Crippen LogP contribution in [0.3, 0.4) is 0 Å². The quantitative estimate of drug-likeness (QED) is 0.250. The van der Waals surface area contributed by atoms with Crippen molar-refractivity contribution in [1.82, 2.24) is 35.2 Å². The van der Waals surface area contributed by atoms with E-state index in [0.29, 0.717) is 43.5 Å². The first-order chi connectivity index (χ1) is 28.5. The van der Waals surface area contributed by atoms with Crippen molar-refractivity contribution in [2.45, 2.75) is 125 Å². The van der Waals surface area contributed by atoms with E-state index in [1.807, 2.05) is 66.7 Å². The number of allylic oxidation sites excluding steroid dienone is 1. The maximum atomic E-state index is 14.8. The Bertz CT molecular complexity index is 2250. The molecule has 4 amide bonds. The number of nitrogens with zero attached hydrogens (tertiary/aromatic N) is 5. The average molecular weight is 823 g/mol. The molecular weight excluding hydrogens is 773 g/mol. The van der Waals surface area contributed by atoms with Crippen molar-refractivity contribution in [3.8, 4) is 28.6 Å². The van der Waals surface area contributed by atoms with Crippen LogP contribution in [0.4, 0.5) is 4.79 Å². The topological polar surface area (TPSA) is 205 Å². The number of carbonyl (C=O) groups excluding carboxylic acids is 4. The fourth-order valence-electron chi connectivity index (χ4n) is 8.62. The molecule has 16 heteroatoms. The van der Waals surface area contributed by atoms with Crippen molar-refractivity contribution in [2.75, 3.05) is 6.54 Å². The Morgan fingerprint density at radius 2 is 1.61 bits per heavy atom. The molecule has 0 spiro atoms. The van der Waals surface area contributed by atoms with Gasteiger partial charge in [-0.15, -0.1) is 0 Å². The number of hydrogen-bond donors (Lipinski definition) is 3. The molecule has 0 unspecified atom stereocenters. The molecule has 0 bridgehead atoms. The second kappa shape index (κ2) is 17.0. The number of alkyl carbamates (subject to hydrolysis) is 1. The SMILES string of the molecule is N#CCc1ccc(-c2nn([C@@H]3C[C@H]4C(=O)N[C@]5(C(=O)NS(=O)(=O)C6CC6)C[C@H]5/C=C/CCCCC[C@@H](NC(=O)OC5CCCC5)C(=O)N4C3)nc2-c2ccccc2)cc1. The molecule has 3 heterocycles. The van der Waals surface area contributed by atoms with E-state index in [1.165, 1.54) is 9.70 Å². The maximum absolute atomic E-state index is 14.8. The first-order valence-corrected chi connectivity index (χ1v) is 22.4. The fourth-order valence-corrected chi connectivity index (χ4v) is 9.99. The van der Waals surface area contributed by atoms with Gasteiger partial charge in [0.2, 0.25) is 21.8 Å². The third-order valence-electron chi connectivity index (χ3n) is 12.2. The predicted octanol–water partition coefficient (Wildman–Crippen LogP) is 4.86. The van der Waals surface area contributed by atoms with E-state index in [1.54, 1.807) is 0 Å². The summed E-state index contributed by atoms with van der Waals surface area (Å²) in [6.45, 7) is 0.0226. The number of hydrogen-bond acceptors (Lipinski definition) is 10. The number of fused-ring (bicyclic) bond motifs is 2. The van der Waals surface area contributed by atoms with Crippen LogP contribution < -0.4 is 15.4 Å². The van der Waals surface area contributed by atoms with Crippen LogP contribution in [0, 0.1) is 17.2 Å². The second-order valence-electron chi connectivity index (χ2n) is 16.5. The summed E-state index contributed by atoms with van der Waals surface area (Å²) in [4.78, 5) is 59.5. The van der Waals surface area contributed by atoms with Crippen LogP contribution in [-0.4, -0.2) is 87.6 Å². The van der Waals surface area contributed by atoms with Crippen molar-refractivity contribution >= 4 is 33.8 Å². The molecule has 5 aliphatic rings. The summed E-state index contributed by atoms with van der Waals surface area (Å²) in [5.74, 6) is -2.29. The summed E-state index contributed by atoms with van der Waals surface area (Å²) in [6, 6.07) is 16.5. The van der Waals surface area contributed by atoms with Gasteiger partial charge in [-0.1, -0.05) is 79.6 Å². The molecule has 0 radical (unpaired) electrons. The molecule has 3 aromatic rings. The molecule has 5 atom stereocenters. The normalized spacial score (nSPS) is 26.9. The zero-order valence-electron chi connectivity index (χ0n) is 32.9. The van der Waals surface area contributed by atoms with Gasteiger partial charge in [-0.25, -0.2) is 13.2 Å². The molecule has 3 aliphatic carbocycles. The zero-order valence-corrected chi connectivity index (χ0v) is 33.7. The molecule has 2 aromatic carbocycles. The predicted molar refractivity (Wildman–Crippen MR) is 216 cm³/mol. The van der Waals surface area contributed by atoms with Gasteiger partial charge in [-0.05, 0) is 69.8 Å². The molecule has 310 valence electrons. The Hall–Kier alpha value is -5.56. The highest BCUT2D eigenvalue weighted by Gasteiger charge is 2.62. The highest BCUT2D eigenvalue weighted by Crippen LogP contribution is 2.46. The lowest BCUT2D eigenvalue weighted by Gasteiger charge is -2.30. The summed E-state index contributed by atoms with van der Waals surface area (Å²) in [6.07, 6.45) is 11.1. The van der Waals surface area contributed by atoms with Crippen LogP contribution in [0.2, 0.25) is 0 Å². The van der Waals surface area contributed by atoms with Crippen LogP contribution in [0.1, 0.15) is 95.1 Å². The number of aromatic nitrogens is 3. The van der Waals surface area contributed by atoms with Gasteiger partial charge in [-0.3, -0.25) is 19.1 Å². The van der Waals surface area contributed by atoms with Gasteiger partial charge in [0.1, 0.15) is 35.1 Å². The van der Waals surface area contributed by atoms with E-state index < -0.39 is 68.7 Å². The lowest BCUT2D eigenvalue weighted by molar-refractivity contribution is -0.141. The van der Waals surface area contributed by atoms with E-state index in [-0.39, 0.29) is 31.9 Å². The number of amides is 4. The molecule has 59 heavy (non-hydrogen) atoms. The minimum Gasteiger partial charge on any atom is -0.446 e. The second-order valence-corrected chi connectivity index (χ2v) is 18.5. The highest BCUT2D eigenvalue weighted by molar-refractivity contribution is 7.91. The Morgan fingerprint density at radius 3 is 2.31 bits per heavy atom. The Kier molecular flexibility index (Phi) is 11.6. The van der Waals surface area contributed by atoms with Crippen LogP contribution in [-0.2, 0) is 35.6 Å². The number of ether oxygens (including phenoxy) is 1. The van der Waals surface area contributed by atoms with E-state index >= 15 is 0 Å². The number of sulfonamides is 1. The third kappa shape index (κ3) is 8.90. The Balaban J connectivity index is 1.13. The van der Waals surface area contributed by atoms with E-state index in [9.17, 15) is 32.9 Å². The summed E-state index contributed by atoms with van der Waals surface area (Å²) in [5.41, 5.74) is 2.09. The summed E-state index contributed by atoms with van der Waals surface area (Å²) in [5, 5.41) is 24.3. The van der Waals surface area contributed by atoms with Gasteiger partial charge in [0.05, 0.1) is 23.8 Å². The number of rotatable bonds is 9. The Labute approximate surface area is 344 Å². The molecule has 3 N–H and O–H groups in total. The minimum atomic E-state index is -3.91. The molecule has 3 saturated carbocycles. The van der Waals surface area contributed by atoms with E-state index in [4.69, 9.17) is 14.9 Å². The fraction of sp³-hybridized carbons (Fsp3) is 0.512. The van der Waals surface area contributed by atoms with Gasteiger partial charge in [0, 0.05) is 30.0 Å². The molecule has 4 fully saturated rings. The van der Waals surface area contributed by atoms with Crippen LogP contribution in [0.15, 0.2) is 66.7 Å².